The van der Waals surface area contributed by atoms with E-state index in [-0.39, 0.29) is 11.9 Å². The molecule has 0 fully saturated rings. The lowest BCUT2D eigenvalue weighted by Crippen LogP contribution is -2.37. The Labute approximate surface area is 110 Å². The van der Waals surface area contributed by atoms with Crippen molar-refractivity contribution in [1.29, 1.82) is 0 Å². The molecule has 18 heavy (non-hydrogen) atoms. The normalized spacial score (nSPS) is 18.8. The molecule has 0 radical (unpaired) electrons. The van der Waals surface area contributed by atoms with Gasteiger partial charge in [0.1, 0.15) is 11.3 Å². The highest BCUT2D eigenvalue weighted by Gasteiger charge is 2.29. The summed E-state index contributed by atoms with van der Waals surface area (Å²) in [5, 5.41) is 4.20. The van der Waals surface area contributed by atoms with Gasteiger partial charge in [0.2, 0.25) is 0 Å². The topological polar surface area (TPSA) is 46.9 Å². The average molecular weight is 264 g/mol. The maximum atomic E-state index is 11.9. The summed E-state index contributed by atoms with van der Waals surface area (Å²) in [6, 6.07) is 4.09. The summed E-state index contributed by atoms with van der Waals surface area (Å²) in [7, 11) is 0. The Bertz CT molecular complexity index is 647. The van der Waals surface area contributed by atoms with E-state index in [2.05, 4.69) is 24.1 Å². The van der Waals surface area contributed by atoms with Gasteiger partial charge in [-0.1, -0.05) is 18.5 Å². The lowest BCUT2D eigenvalue weighted by molar-refractivity contribution is 0.0919. The van der Waals surface area contributed by atoms with Crippen molar-refractivity contribution in [2.24, 2.45) is 0 Å². The first kappa shape index (κ1) is 11.5. The van der Waals surface area contributed by atoms with Crippen LogP contribution in [-0.2, 0) is 6.42 Å². The van der Waals surface area contributed by atoms with Gasteiger partial charge in [-0.15, -0.1) is 0 Å². The summed E-state index contributed by atoms with van der Waals surface area (Å²) in [5.41, 5.74) is 2.36. The van der Waals surface area contributed by atoms with E-state index in [4.69, 9.17) is 11.6 Å². The fraction of sp³-hybridized carbons (Fsp3) is 0.385. The van der Waals surface area contributed by atoms with Crippen molar-refractivity contribution in [3.8, 4) is 0 Å². The third-order valence-corrected chi connectivity index (χ3v) is 3.80. The zero-order valence-electron chi connectivity index (χ0n) is 10.3. The first-order valence-electron chi connectivity index (χ1n) is 6.11. The zero-order chi connectivity index (χ0) is 12.9. The number of carbonyl (C=O) groups excluding carboxylic acids is 1. The van der Waals surface area contributed by atoms with Crippen LogP contribution in [0.3, 0.4) is 0 Å². The first-order valence-corrected chi connectivity index (χ1v) is 6.48. The fourth-order valence-corrected chi connectivity index (χ4v) is 2.76. The van der Waals surface area contributed by atoms with Gasteiger partial charge in [0.25, 0.3) is 5.91 Å². The highest BCUT2D eigenvalue weighted by Crippen LogP contribution is 2.34. The minimum atomic E-state index is -0.117. The molecule has 5 heteroatoms. The van der Waals surface area contributed by atoms with E-state index in [1.165, 1.54) is 0 Å². The lowest BCUT2D eigenvalue weighted by Gasteiger charge is -2.23. The molecule has 3 rings (SSSR count). The number of hydrogen-bond acceptors (Lipinski definition) is 2. The van der Waals surface area contributed by atoms with Crippen LogP contribution in [0.2, 0.25) is 5.02 Å². The number of rotatable bonds is 1. The molecule has 0 spiro atoms. The number of aromatic nitrogens is 2. The minimum absolute atomic E-state index is 0.117. The molecule has 4 nitrogen and oxygen atoms in total. The SMILES string of the molecule is CCc1ccc2c(Cl)c3n(c2n1)[C@H](C)CNC3=O. The van der Waals surface area contributed by atoms with Crippen LogP contribution in [0.15, 0.2) is 12.1 Å². The molecule has 1 amide bonds. The Morgan fingerprint density at radius 2 is 2.33 bits per heavy atom. The maximum absolute atomic E-state index is 11.9. The van der Waals surface area contributed by atoms with Crippen LogP contribution < -0.4 is 5.32 Å². The van der Waals surface area contributed by atoms with Crippen molar-refractivity contribution in [3.05, 3.63) is 28.5 Å². The van der Waals surface area contributed by atoms with Crippen LogP contribution in [-0.4, -0.2) is 22.0 Å². The predicted octanol–water partition coefficient (Wildman–Crippen LogP) is 2.56. The Morgan fingerprint density at radius 3 is 3.06 bits per heavy atom. The molecule has 0 saturated heterocycles. The summed E-state index contributed by atoms with van der Waals surface area (Å²) in [5.74, 6) is -0.117. The molecule has 2 aromatic rings. The van der Waals surface area contributed by atoms with E-state index in [0.29, 0.717) is 17.3 Å². The van der Waals surface area contributed by atoms with E-state index in [1.54, 1.807) is 0 Å². The van der Waals surface area contributed by atoms with E-state index < -0.39 is 0 Å². The molecule has 1 N–H and O–H groups in total. The third-order valence-electron chi connectivity index (χ3n) is 3.42. The number of fused-ring (bicyclic) bond motifs is 3. The van der Waals surface area contributed by atoms with E-state index in [1.807, 2.05) is 16.7 Å². The quantitative estimate of drug-likeness (QED) is 0.860. The lowest BCUT2D eigenvalue weighted by atomic mass is 10.2. The van der Waals surface area contributed by atoms with Crippen LogP contribution >= 0.6 is 11.6 Å². The molecule has 1 aliphatic heterocycles. The fourth-order valence-electron chi connectivity index (χ4n) is 2.43. The Kier molecular flexibility index (Phi) is 2.55. The maximum Gasteiger partial charge on any atom is 0.269 e. The molecule has 0 bridgehead atoms. The van der Waals surface area contributed by atoms with E-state index >= 15 is 0 Å². The molecule has 94 valence electrons. The number of nitrogens with zero attached hydrogens (tertiary/aromatic N) is 2. The van der Waals surface area contributed by atoms with Crippen molar-refractivity contribution in [2.75, 3.05) is 6.54 Å². The largest absolute Gasteiger partial charge is 0.349 e. The van der Waals surface area contributed by atoms with Gasteiger partial charge in [-0.3, -0.25) is 4.79 Å². The van der Waals surface area contributed by atoms with Crippen molar-refractivity contribution in [2.45, 2.75) is 26.3 Å². The number of amides is 1. The van der Waals surface area contributed by atoms with Gasteiger partial charge in [-0.05, 0) is 25.5 Å². The zero-order valence-corrected chi connectivity index (χ0v) is 11.1. The second-order valence-electron chi connectivity index (χ2n) is 4.62. The average Bonchev–Trinajstić information content (AvgIpc) is 2.68. The molecule has 2 aromatic heterocycles. The number of aryl methyl sites for hydroxylation is 1. The molecule has 0 unspecified atom stereocenters. The smallest absolute Gasteiger partial charge is 0.269 e. The highest BCUT2D eigenvalue weighted by molar-refractivity contribution is 6.38. The van der Waals surface area contributed by atoms with E-state index in [9.17, 15) is 4.79 Å². The predicted molar refractivity (Wildman–Crippen MR) is 71.2 cm³/mol. The number of carbonyl (C=O) groups is 1. The molecule has 3 heterocycles. The highest BCUT2D eigenvalue weighted by atomic mass is 35.5. The molecular weight excluding hydrogens is 250 g/mol. The van der Waals surface area contributed by atoms with E-state index in [0.717, 1.165) is 23.1 Å². The Balaban J connectivity index is 2.39. The van der Waals surface area contributed by atoms with Gasteiger partial charge in [0.15, 0.2) is 0 Å². The van der Waals surface area contributed by atoms with Gasteiger partial charge in [0, 0.05) is 17.6 Å². The second kappa shape index (κ2) is 3.99. The number of hydrogen-bond donors (Lipinski definition) is 1. The summed E-state index contributed by atoms with van der Waals surface area (Å²) in [6.45, 7) is 4.73. The van der Waals surface area contributed by atoms with Crippen molar-refractivity contribution in [1.82, 2.24) is 14.9 Å². The Hall–Kier alpha value is -1.55. The van der Waals surface area contributed by atoms with Crippen LogP contribution in [0.5, 0.6) is 0 Å². The summed E-state index contributed by atoms with van der Waals surface area (Å²) in [6.07, 6.45) is 0.870. The van der Waals surface area contributed by atoms with Gasteiger partial charge in [0.05, 0.1) is 11.1 Å². The summed E-state index contributed by atoms with van der Waals surface area (Å²) in [4.78, 5) is 16.5. The molecule has 1 atom stereocenters. The monoisotopic (exact) mass is 263 g/mol. The van der Waals surface area contributed by atoms with Crippen LogP contribution in [0.25, 0.3) is 11.0 Å². The molecular formula is C13H14ClN3O. The van der Waals surface area contributed by atoms with Gasteiger partial charge in [-0.2, -0.15) is 0 Å². The summed E-state index contributed by atoms with van der Waals surface area (Å²) >= 11 is 6.31. The van der Waals surface area contributed by atoms with Gasteiger partial charge in [-0.25, -0.2) is 4.98 Å². The third kappa shape index (κ3) is 1.45. The summed E-state index contributed by atoms with van der Waals surface area (Å²) < 4.78 is 1.95. The standard InChI is InChI=1S/C13H14ClN3O/c1-3-8-4-5-9-10(14)11-13(18)15-6-7(2)17(11)12(9)16-8/h4-5,7H,3,6H2,1-2H3,(H,15,18)/t7-/m1/s1. The first-order chi connectivity index (χ1) is 8.63. The van der Waals surface area contributed by atoms with Gasteiger partial charge < -0.3 is 9.88 Å². The molecule has 1 aliphatic rings. The number of halogens is 1. The minimum Gasteiger partial charge on any atom is -0.349 e. The van der Waals surface area contributed by atoms with Crippen molar-refractivity contribution in [3.63, 3.8) is 0 Å². The number of pyridine rings is 1. The van der Waals surface area contributed by atoms with Crippen LogP contribution in [0.1, 0.15) is 36.1 Å². The Morgan fingerprint density at radius 1 is 1.56 bits per heavy atom. The van der Waals surface area contributed by atoms with Crippen molar-refractivity contribution >= 4 is 28.5 Å². The number of nitrogens with one attached hydrogen (secondary N) is 1. The molecule has 0 saturated carbocycles. The second-order valence-corrected chi connectivity index (χ2v) is 5.00. The van der Waals surface area contributed by atoms with Crippen LogP contribution in [0.4, 0.5) is 0 Å². The van der Waals surface area contributed by atoms with Gasteiger partial charge >= 0.3 is 0 Å². The van der Waals surface area contributed by atoms with Crippen LogP contribution in [0, 0.1) is 0 Å². The van der Waals surface area contributed by atoms with Crippen molar-refractivity contribution < 1.29 is 4.79 Å². The molecule has 0 aromatic carbocycles. The molecule has 0 aliphatic carbocycles.